The van der Waals surface area contributed by atoms with E-state index in [-0.39, 0.29) is 12.0 Å². The average molecular weight is 386 g/mol. The van der Waals surface area contributed by atoms with Crippen molar-refractivity contribution < 1.29 is 24.1 Å². The standard InChI is InChI=1S/C21H26N2O5/c1-26-17-12-19(28-3)18(27-2)11-16(17)20(15-5-4-8-22-13-15)23-9-6-14(7-10-23)21(24)25/h4-5,8,11-14,20H,6-7,9-10H2,1-3H3,(H,24,25). The van der Waals surface area contributed by atoms with E-state index in [4.69, 9.17) is 14.2 Å². The van der Waals surface area contributed by atoms with Gasteiger partial charge >= 0.3 is 5.97 Å². The molecule has 1 aromatic carbocycles. The minimum atomic E-state index is -0.721. The van der Waals surface area contributed by atoms with Crippen molar-refractivity contribution in [3.63, 3.8) is 0 Å². The second-order valence-electron chi connectivity index (χ2n) is 6.79. The summed E-state index contributed by atoms with van der Waals surface area (Å²) in [5.41, 5.74) is 1.95. The molecule has 2 heterocycles. The highest BCUT2D eigenvalue weighted by atomic mass is 16.5. The van der Waals surface area contributed by atoms with Crippen LogP contribution in [0.3, 0.4) is 0 Å². The zero-order chi connectivity index (χ0) is 20.1. The largest absolute Gasteiger partial charge is 0.496 e. The van der Waals surface area contributed by atoms with Gasteiger partial charge in [-0.2, -0.15) is 0 Å². The third-order valence-electron chi connectivity index (χ3n) is 5.27. The maximum Gasteiger partial charge on any atom is 0.306 e. The van der Waals surface area contributed by atoms with E-state index >= 15 is 0 Å². The van der Waals surface area contributed by atoms with Gasteiger partial charge in [-0.1, -0.05) is 6.07 Å². The summed E-state index contributed by atoms with van der Waals surface area (Å²) in [5, 5.41) is 9.33. The lowest BCUT2D eigenvalue weighted by molar-refractivity contribution is -0.143. The van der Waals surface area contributed by atoms with Crippen molar-refractivity contribution >= 4 is 5.97 Å². The number of carboxylic acids is 1. The number of likely N-dealkylation sites (tertiary alicyclic amines) is 1. The summed E-state index contributed by atoms with van der Waals surface area (Å²) >= 11 is 0. The smallest absolute Gasteiger partial charge is 0.306 e. The Kier molecular flexibility index (Phi) is 6.36. The third-order valence-corrected chi connectivity index (χ3v) is 5.27. The number of piperidine rings is 1. The van der Waals surface area contributed by atoms with Gasteiger partial charge in [0.05, 0.1) is 33.3 Å². The summed E-state index contributed by atoms with van der Waals surface area (Å²) in [5.74, 6) is 0.886. The molecule has 7 heteroatoms. The van der Waals surface area contributed by atoms with Gasteiger partial charge < -0.3 is 19.3 Å². The summed E-state index contributed by atoms with van der Waals surface area (Å²) in [6.07, 6.45) is 4.80. The summed E-state index contributed by atoms with van der Waals surface area (Å²) < 4.78 is 16.6. The first-order chi connectivity index (χ1) is 13.6. The molecule has 1 atom stereocenters. The van der Waals surface area contributed by atoms with Crippen LogP contribution in [0, 0.1) is 5.92 Å². The van der Waals surface area contributed by atoms with Gasteiger partial charge in [-0.05, 0) is 43.6 Å². The SMILES string of the molecule is COc1cc(OC)c(C(c2cccnc2)N2CCC(C(=O)O)CC2)cc1OC. The normalized spacial score (nSPS) is 16.4. The Labute approximate surface area is 164 Å². The van der Waals surface area contributed by atoms with E-state index in [1.54, 1.807) is 27.5 Å². The van der Waals surface area contributed by atoms with Crippen molar-refractivity contribution in [3.05, 3.63) is 47.8 Å². The number of nitrogens with zero attached hydrogens (tertiary/aromatic N) is 2. The number of carbonyl (C=O) groups is 1. The Hall–Kier alpha value is -2.80. The molecule has 7 nitrogen and oxygen atoms in total. The van der Waals surface area contributed by atoms with Gasteiger partial charge in [-0.3, -0.25) is 14.7 Å². The zero-order valence-corrected chi connectivity index (χ0v) is 16.4. The van der Waals surface area contributed by atoms with Gasteiger partial charge in [0.2, 0.25) is 0 Å². The summed E-state index contributed by atoms with van der Waals surface area (Å²) in [6.45, 7) is 1.35. The Morgan fingerprint density at radius 2 is 1.75 bits per heavy atom. The van der Waals surface area contributed by atoms with Crippen LogP contribution >= 0.6 is 0 Å². The fourth-order valence-corrected chi connectivity index (χ4v) is 3.80. The first-order valence-electron chi connectivity index (χ1n) is 9.25. The molecular weight excluding hydrogens is 360 g/mol. The minimum Gasteiger partial charge on any atom is -0.496 e. The second kappa shape index (κ2) is 8.93. The third kappa shape index (κ3) is 4.04. The lowest BCUT2D eigenvalue weighted by Crippen LogP contribution is -2.39. The number of benzene rings is 1. The number of hydrogen-bond acceptors (Lipinski definition) is 6. The maximum absolute atomic E-state index is 11.3. The van der Waals surface area contributed by atoms with E-state index in [1.807, 2.05) is 30.5 Å². The number of rotatable bonds is 7. The molecule has 1 aromatic heterocycles. The van der Waals surface area contributed by atoms with Crippen LogP contribution < -0.4 is 14.2 Å². The number of pyridine rings is 1. The first kappa shape index (κ1) is 19.9. The lowest BCUT2D eigenvalue weighted by Gasteiger charge is -2.37. The molecule has 1 aliphatic rings. The predicted octanol–water partition coefficient (Wildman–Crippen LogP) is 2.99. The molecule has 1 unspecified atom stereocenters. The van der Waals surface area contributed by atoms with Crippen LogP contribution in [0.4, 0.5) is 0 Å². The fraction of sp³-hybridized carbons (Fsp3) is 0.429. The van der Waals surface area contributed by atoms with E-state index in [0.29, 0.717) is 43.2 Å². The number of hydrogen-bond donors (Lipinski definition) is 1. The Balaban J connectivity index is 2.04. The van der Waals surface area contributed by atoms with Crippen molar-refractivity contribution in [2.45, 2.75) is 18.9 Å². The second-order valence-corrected chi connectivity index (χ2v) is 6.79. The lowest BCUT2D eigenvalue weighted by atomic mass is 9.91. The maximum atomic E-state index is 11.3. The molecule has 1 aliphatic heterocycles. The van der Waals surface area contributed by atoms with E-state index in [0.717, 1.165) is 11.1 Å². The van der Waals surface area contributed by atoms with Gasteiger partial charge in [0, 0.05) is 24.0 Å². The topological polar surface area (TPSA) is 81.1 Å². The Bertz CT molecular complexity index is 804. The van der Waals surface area contributed by atoms with Gasteiger partial charge in [0.1, 0.15) is 5.75 Å². The molecule has 0 amide bonds. The summed E-state index contributed by atoms with van der Waals surface area (Å²) in [6, 6.07) is 7.55. The molecule has 0 bridgehead atoms. The van der Waals surface area contributed by atoms with Crippen molar-refractivity contribution in [3.8, 4) is 17.2 Å². The number of aromatic nitrogens is 1. The minimum absolute atomic E-state index is 0.127. The molecule has 0 spiro atoms. The van der Waals surface area contributed by atoms with E-state index < -0.39 is 5.97 Å². The van der Waals surface area contributed by atoms with E-state index in [1.165, 1.54) is 0 Å². The van der Waals surface area contributed by atoms with Crippen LogP contribution in [0.15, 0.2) is 36.7 Å². The average Bonchev–Trinajstić information content (AvgIpc) is 2.74. The zero-order valence-electron chi connectivity index (χ0n) is 16.4. The Morgan fingerprint density at radius 3 is 2.29 bits per heavy atom. The number of methoxy groups -OCH3 is 3. The van der Waals surface area contributed by atoms with Crippen molar-refractivity contribution in [2.24, 2.45) is 5.92 Å². The predicted molar refractivity (Wildman–Crippen MR) is 104 cm³/mol. The van der Waals surface area contributed by atoms with E-state index in [2.05, 4.69) is 9.88 Å². The van der Waals surface area contributed by atoms with Crippen molar-refractivity contribution in [2.75, 3.05) is 34.4 Å². The van der Waals surface area contributed by atoms with Crippen molar-refractivity contribution in [1.82, 2.24) is 9.88 Å². The molecule has 1 N–H and O–H groups in total. The number of carboxylic acid groups (broad SMARTS) is 1. The molecule has 150 valence electrons. The monoisotopic (exact) mass is 386 g/mol. The molecule has 0 saturated carbocycles. The summed E-state index contributed by atoms with van der Waals surface area (Å²) in [4.78, 5) is 17.9. The molecule has 1 fully saturated rings. The number of ether oxygens (including phenoxy) is 3. The molecule has 1 saturated heterocycles. The molecule has 3 rings (SSSR count). The van der Waals surface area contributed by atoms with Gasteiger partial charge in [0.15, 0.2) is 11.5 Å². The van der Waals surface area contributed by atoms with Crippen LogP contribution in [-0.2, 0) is 4.79 Å². The highest BCUT2D eigenvalue weighted by molar-refractivity contribution is 5.70. The molecule has 0 aliphatic carbocycles. The van der Waals surface area contributed by atoms with Crippen LogP contribution in [0.5, 0.6) is 17.2 Å². The fourth-order valence-electron chi connectivity index (χ4n) is 3.80. The van der Waals surface area contributed by atoms with Gasteiger partial charge in [0.25, 0.3) is 0 Å². The highest BCUT2D eigenvalue weighted by Gasteiger charge is 2.32. The van der Waals surface area contributed by atoms with Gasteiger partial charge in [-0.15, -0.1) is 0 Å². The van der Waals surface area contributed by atoms with Crippen LogP contribution in [0.25, 0.3) is 0 Å². The molecular formula is C21H26N2O5. The van der Waals surface area contributed by atoms with Crippen molar-refractivity contribution in [1.29, 1.82) is 0 Å². The molecule has 2 aromatic rings. The number of aliphatic carboxylic acids is 1. The Morgan fingerprint density at radius 1 is 1.11 bits per heavy atom. The van der Waals surface area contributed by atoms with E-state index in [9.17, 15) is 9.90 Å². The van der Waals surface area contributed by atoms with Crippen LogP contribution in [-0.4, -0.2) is 55.4 Å². The quantitative estimate of drug-likeness (QED) is 0.783. The van der Waals surface area contributed by atoms with Crippen LogP contribution in [0.2, 0.25) is 0 Å². The van der Waals surface area contributed by atoms with Gasteiger partial charge in [-0.25, -0.2) is 0 Å². The first-order valence-corrected chi connectivity index (χ1v) is 9.25. The summed E-state index contributed by atoms with van der Waals surface area (Å²) in [7, 11) is 4.82. The highest BCUT2D eigenvalue weighted by Crippen LogP contribution is 2.42. The molecule has 0 radical (unpaired) electrons. The van der Waals surface area contributed by atoms with Crippen LogP contribution in [0.1, 0.15) is 30.0 Å². The molecule has 28 heavy (non-hydrogen) atoms.